The average molecular weight is 393 g/mol. The number of aromatic amines is 1. The van der Waals surface area contributed by atoms with Crippen molar-refractivity contribution in [3.63, 3.8) is 0 Å². The number of piperazine rings is 1. The molecule has 28 heavy (non-hydrogen) atoms. The van der Waals surface area contributed by atoms with E-state index in [4.69, 9.17) is 4.74 Å². The lowest BCUT2D eigenvalue weighted by Gasteiger charge is -2.34. The van der Waals surface area contributed by atoms with Gasteiger partial charge in [0.15, 0.2) is 0 Å². The summed E-state index contributed by atoms with van der Waals surface area (Å²) in [4.78, 5) is 44.0. The van der Waals surface area contributed by atoms with Gasteiger partial charge in [-0.05, 0) is 39.7 Å². The van der Waals surface area contributed by atoms with Gasteiger partial charge in [-0.2, -0.15) is 0 Å². The second-order valence-corrected chi connectivity index (χ2v) is 7.29. The summed E-state index contributed by atoms with van der Waals surface area (Å²) in [7, 11) is 0. The lowest BCUT2D eigenvalue weighted by Crippen LogP contribution is -2.51. The van der Waals surface area contributed by atoms with Crippen LogP contribution in [0, 0.1) is 13.8 Å². The zero-order valence-corrected chi connectivity index (χ0v) is 17.6. The molecule has 1 aliphatic heterocycles. The van der Waals surface area contributed by atoms with Crippen LogP contribution in [-0.4, -0.2) is 77.9 Å². The zero-order valence-electron chi connectivity index (χ0n) is 17.6. The number of nitrogens with one attached hydrogen (secondary N) is 2. The number of carbonyl (C=O) groups is 3. The van der Waals surface area contributed by atoms with Gasteiger partial charge in [0, 0.05) is 37.9 Å². The van der Waals surface area contributed by atoms with Crippen LogP contribution in [0.5, 0.6) is 0 Å². The molecule has 0 aliphatic carbocycles. The Kier molecular flexibility index (Phi) is 7.62. The summed E-state index contributed by atoms with van der Waals surface area (Å²) < 4.78 is 5.09. The maximum Gasteiger partial charge on any atom is 0.340 e. The minimum atomic E-state index is -0.412. The molecule has 2 rings (SSSR count). The molecule has 0 saturated carbocycles. The number of carbonyl (C=O) groups excluding carboxylic acids is 3. The van der Waals surface area contributed by atoms with Gasteiger partial charge in [-0.3, -0.25) is 14.5 Å². The van der Waals surface area contributed by atoms with Crippen molar-refractivity contribution >= 4 is 17.8 Å². The Morgan fingerprint density at radius 3 is 2.36 bits per heavy atom. The van der Waals surface area contributed by atoms with E-state index in [0.29, 0.717) is 61.8 Å². The van der Waals surface area contributed by atoms with E-state index in [-0.39, 0.29) is 17.9 Å². The molecule has 156 valence electrons. The van der Waals surface area contributed by atoms with Crippen LogP contribution in [-0.2, 0) is 9.53 Å². The first-order chi connectivity index (χ1) is 13.3. The SMILES string of the molecule is CCOC(=O)c1c(C)[nH]c(C(=O)N2CCN(CC(=O)NC(C)CC)CC2)c1C. The van der Waals surface area contributed by atoms with E-state index < -0.39 is 5.97 Å². The van der Waals surface area contributed by atoms with E-state index in [9.17, 15) is 14.4 Å². The van der Waals surface area contributed by atoms with E-state index in [1.165, 1.54) is 0 Å². The number of H-pyrrole nitrogens is 1. The Hall–Kier alpha value is -2.35. The van der Waals surface area contributed by atoms with Gasteiger partial charge in [0.25, 0.3) is 5.91 Å². The smallest absolute Gasteiger partial charge is 0.340 e. The standard InChI is InChI=1S/C20H32N4O4/c1-6-13(3)21-16(25)12-23-8-10-24(11-9-23)19(26)18-14(4)17(15(5)22-18)20(27)28-7-2/h13,22H,6-12H2,1-5H3,(H,21,25). The van der Waals surface area contributed by atoms with Crippen molar-refractivity contribution in [2.24, 2.45) is 0 Å². The van der Waals surface area contributed by atoms with Crippen molar-refractivity contribution < 1.29 is 19.1 Å². The van der Waals surface area contributed by atoms with Gasteiger partial charge in [-0.25, -0.2) is 4.79 Å². The number of rotatable bonds is 7. The Labute approximate surface area is 166 Å². The van der Waals surface area contributed by atoms with E-state index >= 15 is 0 Å². The molecule has 0 aromatic carbocycles. The van der Waals surface area contributed by atoms with Crippen LogP contribution in [0.15, 0.2) is 0 Å². The summed E-state index contributed by atoms with van der Waals surface area (Å²) in [6.07, 6.45) is 0.900. The summed E-state index contributed by atoms with van der Waals surface area (Å²) in [6.45, 7) is 12.3. The average Bonchev–Trinajstić information content (AvgIpc) is 2.96. The quantitative estimate of drug-likeness (QED) is 0.686. The molecule has 1 unspecified atom stereocenters. The normalized spacial score (nSPS) is 16.0. The van der Waals surface area contributed by atoms with Gasteiger partial charge < -0.3 is 19.9 Å². The van der Waals surface area contributed by atoms with Crippen LogP contribution in [0.25, 0.3) is 0 Å². The third-order valence-electron chi connectivity index (χ3n) is 5.18. The molecule has 0 radical (unpaired) electrons. The molecule has 2 N–H and O–H groups in total. The minimum Gasteiger partial charge on any atom is -0.462 e. The minimum absolute atomic E-state index is 0.0176. The first-order valence-electron chi connectivity index (χ1n) is 9.95. The number of ether oxygens (including phenoxy) is 1. The molecule has 2 heterocycles. The second kappa shape index (κ2) is 9.73. The molecule has 1 fully saturated rings. The van der Waals surface area contributed by atoms with E-state index in [1.54, 1.807) is 25.7 Å². The molecule has 0 bridgehead atoms. The molecule has 2 amide bonds. The molecule has 8 heteroatoms. The number of aryl methyl sites for hydroxylation is 1. The Bertz CT molecular complexity index is 720. The van der Waals surface area contributed by atoms with Crippen molar-refractivity contribution in [2.75, 3.05) is 39.3 Å². The van der Waals surface area contributed by atoms with Gasteiger partial charge in [-0.1, -0.05) is 6.92 Å². The first kappa shape index (κ1) is 21.9. The summed E-state index contributed by atoms with van der Waals surface area (Å²) in [6, 6.07) is 0.169. The van der Waals surface area contributed by atoms with Crippen molar-refractivity contribution in [1.82, 2.24) is 20.1 Å². The molecular weight excluding hydrogens is 360 g/mol. The van der Waals surface area contributed by atoms with Crippen molar-refractivity contribution in [3.8, 4) is 0 Å². The summed E-state index contributed by atoms with van der Waals surface area (Å²) in [5, 5.41) is 2.96. The van der Waals surface area contributed by atoms with Gasteiger partial charge >= 0.3 is 5.97 Å². The number of esters is 1. The number of aromatic nitrogens is 1. The lowest BCUT2D eigenvalue weighted by molar-refractivity contribution is -0.123. The van der Waals surface area contributed by atoms with Crippen molar-refractivity contribution in [2.45, 2.75) is 47.1 Å². The molecular formula is C20H32N4O4. The number of hydrogen-bond acceptors (Lipinski definition) is 5. The molecule has 0 spiro atoms. The van der Waals surface area contributed by atoms with Crippen LogP contribution in [0.1, 0.15) is 59.3 Å². The molecule has 1 saturated heterocycles. The Balaban J connectivity index is 1.96. The molecule has 1 atom stereocenters. The molecule has 1 aromatic heterocycles. The maximum absolute atomic E-state index is 12.9. The van der Waals surface area contributed by atoms with Gasteiger partial charge in [0.05, 0.1) is 18.7 Å². The van der Waals surface area contributed by atoms with Crippen LogP contribution < -0.4 is 5.32 Å². The third-order valence-corrected chi connectivity index (χ3v) is 5.18. The predicted octanol–water partition coefficient (Wildman–Crippen LogP) is 1.48. The van der Waals surface area contributed by atoms with Crippen molar-refractivity contribution in [3.05, 3.63) is 22.5 Å². The second-order valence-electron chi connectivity index (χ2n) is 7.29. The lowest BCUT2D eigenvalue weighted by atomic mass is 10.1. The van der Waals surface area contributed by atoms with E-state index in [2.05, 4.69) is 15.2 Å². The van der Waals surface area contributed by atoms with Crippen LogP contribution in [0.4, 0.5) is 0 Å². The molecule has 8 nitrogen and oxygen atoms in total. The highest BCUT2D eigenvalue weighted by Gasteiger charge is 2.28. The maximum atomic E-state index is 12.9. The Morgan fingerprint density at radius 1 is 1.14 bits per heavy atom. The molecule has 1 aliphatic rings. The van der Waals surface area contributed by atoms with Crippen LogP contribution >= 0.6 is 0 Å². The topological polar surface area (TPSA) is 94.7 Å². The fourth-order valence-corrected chi connectivity index (χ4v) is 3.37. The van der Waals surface area contributed by atoms with Gasteiger partial charge in [0.1, 0.15) is 5.69 Å². The van der Waals surface area contributed by atoms with Crippen LogP contribution in [0.3, 0.4) is 0 Å². The fraction of sp³-hybridized carbons (Fsp3) is 0.650. The number of nitrogens with zero attached hydrogens (tertiary/aromatic N) is 2. The third kappa shape index (κ3) is 5.13. The highest BCUT2D eigenvalue weighted by molar-refractivity contribution is 6.00. The highest BCUT2D eigenvalue weighted by atomic mass is 16.5. The number of amides is 2. The number of hydrogen-bond donors (Lipinski definition) is 2. The summed E-state index contributed by atoms with van der Waals surface area (Å²) in [5.74, 6) is -0.520. The zero-order chi connectivity index (χ0) is 20.8. The molecule has 1 aromatic rings. The van der Waals surface area contributed by atoms with Crippen molar-refractivity contribution in [1.29, 1.82) is 0 Å². The predicted molar refractivity (Wildman–Crippen MR) is 106 cm³/mol. The van der Waals surface area contributed by atoms with E-state index in [1.807, 2.05) is 13.8 Å². The Morgan fingerprint density at radius 2 is 1.79 bits per heavy atom. The fourth-order valence-electron chi connectivity index (χ4n) is 3.37. The summed E-state index contributed by atoms with van der Waals surface area (Å²) in [5.41, 5.74) is 2.13. The van der Waals surface area contributed by atoms with Gasteiger partial charge in [-0.15, -0.1) is 0 Å². The van der Waals surface area contributed by atoms with Gasteiger partial charge in [0.2, 0.25) is 5.91 Å². The van der Waals surface area contributed by atoms with E-state index in [0.717, 1.165) is 6.42 Å². The largest absolute Gasteiger partial charge is 0.462 e. The monoisotopic (exact) mass is 392 g/mol. The highest BCUT2D eigenvalue weighted by Crippen LogP contribution is 2.21. The summed E-state index contributed by atoms with van der Waals surface area (Å²) >= 11 is 0. The first-order valence-corrected chi connectivity index (χ1v) is 9.95. The van der Waals surface area contributed by atoms with Crippen LogP contribution in [0.2, 0.25) is 0 Å².